The van der Waals surface area contributed by atoms with Crippen LogP contribution < -0.4 is 5.73 Å². The van der Waals surface area contributed by atoms with Gasteiger partial charge in [-0.3, -0.25) is 4.79 Å². The summed E-state index contributed by atoms with van der Waals surface area (Å²) in [4.78, 5) is 14.4. The van der Waals surface area contributed by atoms with Gasteiger partial charge in [0.25, 0.3) is 0 Å². The Hall–Kier alpha value is -0.570. The molecule has 1 atom stereocenters. The Balaban J connectivity index is 1.89. The van der Waals surface area contributed by atoms with E-state index in [0.29, 0.717) is 5.92 Å². The zero-order chi connectivity index (χ0) is 12.5. The van der Waals surface area contributed by atoms with Gasteiger partial charge in [0.05, 0.1) is 5.54 Å². The lowest BCUT2D eigenvalue weighted by atomic mass is 9.96. The molecule has 3 heteroatoms. The molecule has 1 heterocycles. The van der Waals surface area contributed by atoms with Gasteiger partial charge in [0, 0.05) is 13.1 Å². The molecule has 0 aromatic carbocycles. The number of hydrogen-bond acceptors (Lipinski definition) is 2. The number of rotatable bonds is 3. The van der Waals surface area contributed by atoms with Crippen molar-refractivity contribution in [3.8, 4) is 0 Å². The number of hydrogen-bond donors (Lipinski definition) is 1. The molecule has 0 radical (unpaired) electrons. The standard InChI is InChI=1S/C14H26N2O/c1-11(2)9-12-5-8-16(10-12)13(17)14(15)6-3-4-7-14/h11-12H,3-10,15H2,1-2H3. The molecule has 1 aliphatic carbocycles. The van der Waals surface area contributed by atoms with E-state index in [0.717, 1.165) is 44.7 Å². The summed E-state index contributed by atoms with van der Waals surface area (Å²) < 4.78 is 0. The van der Waals surface area contributed by atoms with E-state index in [1.807, 2.05) is 4.90 Å². The van der Waals surface area contributed by atoms with E-state index in [-0.39, 0.29) is 5.91 Å². The number of nitrogens with zero attached hydrogens (tertiary/aromatic N) is 1. The zero-order valence-electron chi connectivity index (χ0n) is 11.2. The minimum Gasteiger partial charge on any atom is -0.341 e. The molecule has 1 unspecified atom stereocenters. The van der Waals surface area contributed by atoms with Crippen LogP contribution in [-0.2, 0) is 4.79 Å². The van der Waals surface area contributed by atoms with E-state index < -0.39 is 5.54 Å². The lowest BCUT2D eigenvalue weighted by molar-refractivity contribution is -0.135. The Bertz CT molecular complexity index is 282. The molecule has 1 saturated heterocycles. The van der Waals surface area contributed by atoms with Crippen LogP contribution in [0.25, 0.3) is 0 Å². The molecule has 17 heavy (non-hydrogen) atoms. The SMILES string of the molecule is CC(C)CC1CCN(C(=O)C2(N)CCCC2)C1. The summed E-state index contributed by atoms with van der Waals surface area (Å²) in [5.41, 5.74) is 5.72. The average Bonchev–Trinajstić information content (AvgIpc) is 2.86. The quantitative estimate of drug-likeness (QED) is 0.819. The monoisotopic (exact) mass is 238 g/mol. The van der Waals surface area contributed by atoms with Gasteiger partial charge in [0.1, 0.15) is 0 Å². The summed E-state index contributed by atoms with van der Waals surface area (Å²) in [7, 11) is 0. The molecule has 0 bridgehead atoms. The highest BCUT2D eigenvalue weighted by Gasteiger charge is 2.41. The van der Waals surface area contributed by atoms with Crippen molar-refractivity contribution in [3.63, 3.8) is 0 Å². The number of likely N-dealkylation sites (tertiary alicyclic amines) is 1. The molecule has 0 aromatic heterocycles. The van der Waals surface area contributed by atoms with Gasteiger partial charge in [0.2, 0.25) is 5.91 Å². The van der Waals surface area contributed by atoms with Gasteiger partial charge < -0.3 is 10.6 Å². The van der Waals surface area contributed by atoms with E-state index in [1.54, 1.807) is 0 Å². The summed E-state index contributed by atoms with van der Waals surface area (Å²) in [5.74, 6) is 1.65. The van der Waals surface area contributed by atoms with Gasteiger partial charge in [-0.1, -0.05) is 26.7 Å². The predicted octanol–water partition coefficient (Wildman–Crippen LogP) is 2.15. The van der Waals surface area contributed by atoms with Crippen molar-refractivity contribution in [2.75, 3.05) is 13.1 Å². The van der Waals surface area contributed by atoms with E-state index >= 15 is 0 Å². The highest BCUT2D eigenvalue weighted by Crippen LogP contribution is 2.32. The van der Waals surface area contributed by atoms with E-state index in [9.17, 15) is 4.79 Å². The molecule has 0 spiro atoms. The maximum Gasteiger partial charge on any atom is 0.242 e. The molecule has 1 saturated carbocycles. The van der Waals surface area contributed by atoms with E-state index in [2.05, 4.69) is 13.8 Å². The summed E-state index contributed by atoms with van der Waals surface area (Å²) in [6.45, 7) is 6.38. The topological polar surface area (TPSA) is 46.3 Å². The largest absolute Gasteiger partial charge is 0.341 e. The highest BCUT2D eigenvalue weighted by atomic mass is 16.2. The molecule has 2 N–H and O–H groups in total. The average molecular weight is 238 g/mol. The smallest absolute Gasteiger partial charge is 0.242 e. The maximum absolute atomic E-state index is 12.4. The molecule has 1 amide bonds. The Labute approximate surface area is 105 Å². The number of amides is 1. The second-order valence-corrected chi connectivity index (χ2v) is 6.40. The fourth-order valence-corrected chi connectivity index (χ4v) is 3.41. The fourth-order valence-electron chi connectivity index (χ4n) is 3.41. The Morgan fingerprint density at radius 3 is 2.65 bits per heavy atom. The Morgan fingerprint density at radius 2 is 2.06 bits per heavy atom. The molecule has 1 aliphatic heterocycles. The molecule has 3 nitrogen and oxygen atoms in total. The first-order chi connectivity index (χ1) is 8.01. The first-order valence-electron chi connectivity index (χ1n) is 7.09. The molecule has 2 rings (SSSR count). The van der Waals surface area contributed by atoms with Crippen LogP contribution in [0.2, 0.25) is 0 Å². The summed E-state index contributed by atoms with van der Waals surface area (Å²) in [5, 5.41) is 0. The van der Waals surface area contributed by atoms with Crippen molar-refractivity contribution >= 4 is 5.91 Å². The number of carbonyl (C=O) groups excluding carboxylic acids is 1. The van der Waals surface area contributed by atoms with Gasteiger partial charge in [0.15, 0.2) is 0 Å². The second kappa shape index (κ2) is 4.97. The fraction of sp³-hybridized carbons (Fsp3) is 0.929. The van der Waals surface area contributed by atoms with Crippen LogP contribution in [-0.4, -0.2) is 29.4 Å². The van der Waals surface area contributed by atoms with Crippen molar-refractivity contribution in [1.29, 1.82) is 0 Å². The van der Waals surface area contributed by atoms with Crippen LogP contribution in [0.5, 0.6) is 0 Å². The highest BCUT2D eigenvalue weighted by molar-refractivity contribution is 5.86. The minimum absolute atomic E-state index is 0.223. The zero-order valence-corrected chi connectivity index (χ0v) is 11.2. The van der Waals surface area contributed by atoms with Crippen LogP contribution in [0.1, 0.15) is 52.4 Å². The molecule has 2 fully saturated rings. The number of carbonyl (C=O) groups is 1. The van der Waals surface area contributed by atoms with E-state index in [4.69, 9.17) is 5.73 Å². The molecular weight excluding hydrogens is 212 g/mol. The van der Waals surface area contributed by atoms with Crippen molar-refractivity contribution in [2.24, 2.45) is 17.6 Å². The predicted molar refractivity (Wildman–Crippen MR) is 69.5 cm³/mol. The Morgan fingerprint density at radius 1 is 1.41 bits per heavy atom. The van der Waals surface area contributed by atoms with Crippen molar-refractivity contribution in [3.05, 3.63) is 0 Å². The minimum atomic E-state index is -0.521. The van der Waals surface area contributed by atoms with Crippen molar-refractivity contribution < 1.29 is 4.79 Å². The first kappa shape index (κ1) is 12.9. The normalized spacial score (nSPS) is 28.0. The van der Waals surface area contributed by atoms with Crippen molar-refractivity contribution in [1.82, 2.24) is 4.90 Å². The van der Waals surface area contributed by atoms with Gasteiger partial charge in [-0.2, -0.15) is 0 Å². The Kier molecular flexibility index (Phi) is 3.76. The first-order valence-corrected chi connectivity index (χ1v) is 7.09. The molecule has 2 aliphatic rings. The van der Waals surface area contributed by atoms with Gasteiger partial charge >= 0.3 is 0 Å². The van der Waals surface area contributed by atoms with Crippen molar-refractivity contribution in [2.45, 2.75) is 57.9 Å². The maximum atomic E-state index is 12.4. The lowest BCUT2D eigenvalue weighted by Gasteiger charge is -2.28. The summed E-state index contributed by atoms with van der Waals surface area (Å²) in [6.07, 6.45) is 6.41. The summed E-state index contributed by atoms with van der Waals surface area (Å²) in [6, 6.07) is 0. The summed E-state index contributed by atoms with van der Waals surface area (Å²) >= 11 is 0. The van der Waals surface area contributed by atoms with Crippen LogP contribution >= 0.6 is 0 Å². The van der Waals surface area contributed by atoms with E-state index in [1.165, 1.54) is 12.8 Å². The second-order valence-electron chi connectivity index (χ2n) is 6.40. The molecule has 0 aromatic rings. The third-order valence-corrected chi connectivity index (χ3v) is 4.30. The third-order valence-electron chi connectivity index (χ3n) is 4.30. The van der Waals surface area contributed by atoms with Crippen LogP contribution in [0.15, 0.2) is 0 Å². The van der Waals surface area contributed by atoms with Gasteiger partial charge in [-0.15, -0.1) is 0 Å². The molecular formula is C14H26N2O. The van der Waals surface area contributed by atoms with Gasteiger partial charge in [-0.05, 0) is 37.5 Å². The lowest BCUT2D eigenvalue weighted by Crippen LogP contribution is -2.52. The van der Waals surface area contributed by atoms with Crippen LogP contribution in [0.4, 0.5) is 0 Å². The van der Waals surface area contributed by atoms with Crippen LogP contribution in [0.3, 0.4) is 0 Å². The van der Waals surface area contributed by atoms with Crippen LogP contribution in [0, 0.1) is 11.8 Å². The molecule has 98 valence electrons. The van der Waals surface area contributed by atoms with Gasteiger partial charge in [-0.25, -0.2) is 0 Å². The number of nitrogens with two attached hydrogens (primary N) is 1. The third kappa shape index (κ3) is 2.82.